The van der Waals surface area contributed by atoms with Gasteiger partial charge in [-0.05, 0) is 37.3 Å². The lowest BCUT2D eigenvalue weighted by Gasteiger charge is -2.12. The van der Waals surface area contributed by atoms with Crippen molar-refractivity contribution in [3.8, 4) is 0 Å². The minimum atomic E-state index is 0.824. The van der Waals surface area contributed by atoms with Gasteiger partial charge in [0.05, 0.1) is 6.54 Å². The second kappa shape index (κ2) is 6.52. The molecule has 0 spiro atoms. The number of nitrogens with one attached hydrogen (secondary N) is 2. The Kier molecular flexibility index (Phi) is 4.74. The molecule has 0 atom stereocenters. The van der Waals surface area contributed by atoms with Gasteiger partial charge >= 0.3 is 0 Å². The first kappa shape index (κ1) is 13.8. The molecule has 0 saturated carbocycles. The molecular weight excluding hydrogens is 256 g/mol. The van der Waals surface area contributed by atoms with Crippen LogP contribution in [-0.2, 0) is 13.0 Å². The zero-order valence-electron chi connectivity index (χ0n) is 11.7. The Morgan fingerprint density at radius 3 is 2.58 bits per heavy atom. The highest BCUT2D eigenvalue weighted by Gasteiger charge is 2.07. The Hall–Kier alpha value is -1.62. The van der Waals surface area contributed by atoms with Crippen LogP contribution in [0.15, 0.2) is 17.8 Å². The summed E-state index contributed by atoms with van der Waals surface area (Å²) < 4.78 is 0. The van der Waals surface area contributed by atoms with Gasteiger partial charge < -0.3 is 10.6 Å². The molecule has 2 aromatic rings. The molecule has 5 heteroatoms. The molecule has 0 fully saturated rings. The molecule has 0 saturated heterocycles. The first-order valence-corrected chi connectivity index (χ1v) is 7.48. The third-order valence-electron chi connectivity index (χ3n) is 3.06. The Balaban J connectivity index is 2.09. The summed E-state index contributed by atoms with van der Waals surface area (Å²) in [7, 11) is 0. The van der Waals surface area contributed by atoms with Crippen LogP contribution < -0.4 is 10.6 Å². The number of thiophene rings is 1. The average Bonchev–Trinajstić information content (AvgIpc) is 2.87. The highest BCUT2D eigenvalue weighted by Crippen LogP contribution is 2.22. The van der Waals surface area contributed by atoms with E-state index in [0.717, 1.165) is 36.7 Å². The van der Waals surface area contributed by atoms with Crippen molar-refractivity contribution in [1.29, 1.82) is 0 Å². The summed E-state index contributed by atoms with van der Waals surface area (Å²) in [5.74, 6) is 1.81. The predicted octanol–water partition coefficient (Wildman–Crippen LogP) is 3.45. The zero-order valence-corrected chi connectivity index (χ0v) is 12.5. The van der Waals surface area contributed by atoms with Crippen molar-refractivity contribution in [2.45, 2.75) is 33.7 Å². The second-order valence-corrected chi connectivity index (χ2v) is 5.30. The highest BCUT2D eigenvalue weighted by atomic mass is 32.1. The summed E-state index contributed by atoms with van der Waals surface area (Å²) >= 11 is 1.79. The van der Waals surface area contributed by atoms with Crippen molar-refractivity contribution < 1.29 is 0 Å². The molecule has 0 aliphatic rings. The molecular formula is C14H20N4S. The minimum Gasteiger partial charge on any atom is -0.370 e. The summed E-state index contributed by atoms with van der Waals surface area (Å²) in [6, 6.07) is 2.19. The fourth-order valence-electron chi connectivity index (χ4n) is 1.98. The molecule has 4 nitrogen and oxygen atoms in total. The predicted molar refractivity (Wildman–Crippen MR) is 82.0 cm³/mol. The van der Waals surface area contributed by atoms with Crippen LogP contribution in [0.2, 0.25) is 0 Å². The van der Waals surface area contributed by atoms with Crippen LogP contribution in [-0.4, -0.2) is 16.5 Å². The zero-order chi connectivity index (χ0) is 13.7. The van der Waals surface area contributed by atoms with E-state index in [0.29, 0.717) is 0 Å². The largest absolute Gasteiger partial charge is 0.370 e. The Bertz CT molecular complexity index is 536. The molecule has 0 unspecified atom stereocenters. The van der Waals surface area contributed by atoms with Crippen molar-refractivity contribution in [3.05, 3.63) is 33.8 Å². The van der Waals surface area contributed by atoms with Crippen molar-refractivity contribution in [2.75, 3.05) is 17.2 Å². The number of nitrogens with zero attached hydrogens (tertiary/aromatic N) is 2. The van der Waals surface area contributed by atoms with E-state index in [1.54, 1.807) is 17.7 Å². The number of aryl methyl sites for hydroxylation is 1. The number of aromatic nitrogens is 2. The van der Waals surface area contributed by atoms with E-state index >= 15 is 0 Å². The molecule has 2 aromatic heterocycles. The molecule has 2 heterocycles. The number of rotatable bonds is 6. The minimum absolute atomic E-state index is 0.824. The fraction of sp³-hybridized carbons (Fsp3) is 0.429. The Morgan fingerprint density at radius 1 is 1.16 bits per heavy atom. The Labute approximate surface area is 118 Å². The summed E-state index contributed by atoms with van der Waals surface area (Å²) in [6.45, 7) is 7.97. The van der Waals surface area contributed by atoms with Gasteiger partial charge in [0.15, 0.2) is 0 Å². The highest BCUT2D eigenvalue weighted by molar-refractivity contribution is 7.10. The van der Waals surface area contributed by atoms with Crippen LogP contribution in [0, 0.1) is 6.92 Å². The molecule has 19 heavy (non-hydrogen) atoms. The van der Waals surface area contributed by atoms with E-state index in [1.165, 1.54) is 10.4 Å². The van der Waals surface area contributed by atoms with Crippen molar-refractivity contribution in [2.24, 2.45) is 0 Å². The normalized spacial score (nSPS) is 10.5. The summed E-state index contributed by atoms with van der Waals surface area (Å²) in [6.07, 6.45) is 2.67. The summed E-state index contributed by atoms with van der Waals surface area (Å²) in [5.41, 5.74) is 2.48. The van der Waals surface area contributed by atoms with Crippen LogP contribution in [0.3, 0.4) is 0 Å². The molecule has 102 valence electrons. The van der Waals surface area contributed by atoms with E-state index in [-0.39, 0.29) is 0 Å². The van der Waals surface area contributed by atoms with Crippen molar-refractivity contribution >= 4 is 23.0 Å². The van der Waals surface area contributed by atoms with E-state index < -0.39 is 0 Å². The van der Waals surface area contributed by atoms with Crippen LogP contribution >= 0.6 is 11.3 Å². The lowest BCUT2D eigenvalue weighted by Crippen LogP contribution is -2.08. The van der Waals surface area contributed by atoms with Gasteiger partial charge in [-0.25, -0.2) is 9.97 Å². The molecule has 0 aliphatic carbocycles. The van der Waals surface area contributed by atoms with Crippen molar-refractivity contribution in [1.82, 2.24) is 9.97 Å². The third-order valence-corrected chi connectivity index (χ3v) is 4.03. The number of hydrogen-bond acceptors (Lipinski definition) is 5. The van der Waals surface area contributed by atoms with Gasteiger partial charge in [-0.2, -0.15) is 0 Å². The molecule has 0 aliphatic heterocycles. The van der Waals surface area contributed by atoms with Gasteiger partial charge in [0.2, 0.25) is 0 Å². The van der Waals surface area contributed by atoms with E-state index in [2.05, 4.69) is 45.9 Å². The van der Waals surface area contributed by atoms with Gasteiger partial charge in [-0.15, -0.1) is 11.3 Å². The molecule has 0 amide bonds. The first-order chi connectivity index (χ1) is 9.26. The van der Waals surface area contributed by atoms with E-state index in [1.807, 2.05) is 6.92 Å². The maximum Gasteiger partial charge on any atom is 0.134 e. The molecule has 0 radical (unpaired) electrons. The maximum atomic E-state index is 4.32. The maximum absolute atomic E-state index is 4.32. The molecule has 2 N–H and O–H groups in total. The topological polar surface area (TPSA) is 49.8 Å². The SMILES string of the molecule is CCNc1ncnc(NCc2sccc2CC)c1C. The van der Waals surface area contributed by atoms with E-state index in [4.69, 9.17) is 0 Å². The summed E-state index contributed by atoms with van der Waals surface area (Å²) in [5, 5.41) is 8.80. The Morgan fingerprint density at radius 2 is 1.89 bits per heavy atom. The molecule has 0 aromatic carbocycles. The smallest absolute Gasteiger partial charge is 0.134 e. The van der Waals surface area contributed by atoms with Gasteiger partial charge in [-0.3, -0.25) is 0 Å². The quantitative estimate of drug-likeness (QED) is 0.848. The third kappa shape index (κ3) is 3.23. The lowest BCUT2D eigenvalue weighted by atomic mass is 10.2. The second-order valence-electron chi connectivity index (χ2n) is 4.30. The number of hydrogen-bond donors (Lipinski definition) is 2. The standard InChI is InChI=1S/C14H20N4S/c1-4-11-6-7-19-12(11)8-16-14-10(3)13(15-5-2)17-9-18-14/h6-7,9H,4-5,8H2,1-3H3,(H2,15,16,17,18). The van der Waals surface area contributed by atoms with Gasteiger partial charge in [0.1, 0.15) is 18.0 Å². The van der Waals surface area contributed by atoms with Gasteiger partial charge in [0, 0.05) is 17.0 Å². The van der Waals surface area contributed by atoms with Crippen molar-refractivity contribution in [3.63, 3.8) is 0 Å². The van der Waals surface area contributed by atoms with Gasteiger partial charge in [0.25, 0.3) is 0 Å². The lowest BCUT2D eigenvalue weighted by molar-refractivity contribution is 1.03. The van der Waals surface area contributed by atoms with Crippen LogP contribution in [0.25, 0.3) is 0 Å². The number of anilines is 2. The fourth-order valence-corrected chi connectivity index (χ4v) is 2.89. The first-order valence-electron chi connectivity index (χ1n) is 6.60. The average molecular weight is 276 g/mol. The molecule has 0 bridgehead atoms. The van der Waals surface area contributed by atoms with Gasteiger partial charge in [-0.1, -0.05) is 6.92 Å². The molecule has 2 rings (SSSR count). The van der Waals surface area contributed by atoms with Crippen LogP contribution in [0.1, 0.15) is 29.9 Å². The summed E-state index contributed by atoms with van der Waals surface area (Å²) in [4.78, 5) is 9.95. The monoisotopic (exact) mass is 276 g/mol. The van der Waals surface area contributed by atoms with E-state index in [9.17, 15) is 0 Å². The van der Waals surface area contributed by atoms with Crippen LogP contribution in [0.5, 0.6) is 0 Å². The van der Waals surface area contributed by atoms with Crippen LogP contribution in [0.4, 0.5) is 11.6 Å².